The molecule has 0 unspecified atom stereocenters. The number of benzene rings is 1. The van der Waals surface area contributed by atoms with E-state index in [9.17, 15) is 13.2 Å². The van der Waals surface area contributed by atoms with Crippen LogP contribution in [0.25, 0.3) is 0 Å². The zero-order valence-corrected chi connectivity index (χ0v) is 13.3. The van der Waals surface area contributed by atoms with Crippen molar-refractivity contribution in [3.8, 4) is 0 Å². The Morgan fingerprint density at radius 3 is 2.43 bits per heavy atom. The van der Waals surface area contributed by atoms with Crippen LogP contribution >= 0.6 is 11.3 Å². The van der Waals surface area contributed by atoms with Crippen LogP contribution in [0.15, 0.2) is 46.0 Å². The second-order valence-electron chi connectivity index (χ2n) is 4.36. The molecule has 0 spiro atoms. The van der Waals surface area contributed by atoms with Crippen molar-refractivity contribution in [1.29, 1.82) is 0 Å². The number of methoxy groups -OCH3 is 1. The first-order valence-electron chi connectivity index (χ1n) is 6.15. The van der Waals surface area contributed by atoms with Gasteiger partial charge in [-0.05, 0) is 30.5 Å². The number of carbonyl (C=O) groups excluding carboxylic acids is 1. The number of carbonyl (C=O) groups is 1. The van der Waals surface area contributed by atoms with Gasteiger partial charge in [0.15, 0.2) is 0 Å². The normalized spacial score (nSPS) is 11.1. The molecule has 0 aliphatic carbocycles. The lowest BCUT2D eigenvalue weighted by Gasteiger charge is -2.22. The molecule has 0 saturated carbocycles. The zero-order valence-electron chi connectivity index (χ0n) is 11.6. The van der Waals surface area contributed by atoms with Crippen LogP contribution < -0.4 is 4.31 Å². The lowest BCUT2D eigenvalue weighted by Crippen LogP contribution is -2.35. The van der Waals surface area contributed by atoms with E-state index in [1.807, 2.05) is 6.92 Å². The molecule has 1 aromatic heterocycles. The lowest BCUT2D eigenvalue weighted by atomic mass is 10.2. The molecule has 0 saturated heterocycles. The van der Waals surface area contributed by atoms with Crippen molar-refractivity contribution in [3.05, 3.63) is 47.3 Å². The summed E-state index contributed by atoms with van der Waals surface area (Å²) in [6.45, 7) is 1.54. The third kappa shape index (κ3) is 3.43. The van der Waals surface area contributed by atoms with E-state index in [1.54, 1.807) is 35.7 Å². The topological polar surface area (TPSA) is 63.7 Å². The molecule has 0 radical (unpaired) electrons. The van der Waals surface area contributed by atoms with Crippen LogP contribution in [0, 0.1) is 6.92 Å². The summed E-state index contributed by atoms with van der Waals surface area (Å²) < 4.78 is 31.2. The molecule has 0 amide bonds. The fraction of sp³-hybridized carbons (Fsp3) is 0.214. The van der Waals surface area contributed by atoms with E-state index in [2.05, 4.69) is 4.74 Å². The summed E-state index contributed by atoms with van der Waals surface area (Å²) in [7, 11) is -2.55. The molecule has 0 atom stereocenters. The molecular weight excluding hydrogens is 310 g/mol. The lowest BCUT2D eigenvalue weighted by molar-refractivity contribution is -0.138. The van der Waals surface area contributed by atoms with Crippen LogP contribution in [0.4, 0.5) is 5.69 Å². The summed E-state index contributed by atoms with van der Waals surface area (Å²) in [6.07, 6.45) is 0. The number of esters is 1. The fourth-order valence-corrected chi connectivity index (χ4v) is 4.24. The predicted molar refractivity (Wildman–Crippen MR) is 82.0 cm³/mol. The van der Waals surface area contributed by atoms with E-state index in [1.165, 1.54) is 13.2 Å². The molecule has 0 fully saturated rings. The van der Waals surface area contributed by atoms with Crippen LogP contribution in [0.1, 0.15) is 5.56 Å². The Kier molecular flexibility index (Phi) is 4.64. The van der Waals surface area contributed by atoms with Gasteiger partial charge in [-0.2, -0.15) is 0 Å². The van der Waals surface area contributed by atoms with Crippen molar-refractivity contribution in [3.63, 3.8) is 0 Å². The molecule has 21 heavy (non-hydrogen) atoms. The van der Waals surface area contributed by atoms with Crippen molar-refractivity contribution < 1.29 is 17.9 Å². The highest BCUT2D eigenvalue weighted by molar-refractivity contribution is 7.94. The second kappa shape index (κ2) is 6.28. The quantitative estimate of drug-likeness (QED) is 0.792. The molecule has 1 aromatic carbocycles. The Labute approximate surface area is 127 Å². The van der Waals surface area contributed by atoms with Gasteiger partial charge in [-0.25, -0.2) is 8.42 Å². The first-order chi connectivity index (χ1) is 9.95. The van der Waals surface area contributed by atoms with Crippen molar-refractivity contribution in [2.24, 2.45) is 0 Å². The van der Waals surface area contributed by atoms with E-state index in [0.29, 0.717) is 5.69 Å². The Morgan fingerprint density at radius 1 is 1.24 bits per heavy atom. The molecule has 5 nitrogen and oxygen atoms in total. The van der Waals surface area contributed by atoms with E-state index >= 15 is 0 Å². The van der Waals surface area contributed by atoms with E-state index < -0.39 is 16.0 Å². The Morgan fingerprint density at radius 2 is 1.90 bits per heavy atom. The van der Waals surface area contributed by atoms with Crippen LogP contribution in [-0.2, 0) is 19.6 Å². The zero-order chi connectivity index (χ0) is 15.5. The molecule has 0 bridgehead atoms. The number of rotatable bonds is 5. The number of hydrogen-bond donors (Lipinski definition) is 0. The van der Waals surface area contributed by atoms with Gasteiger partial charge in [-0.15, -0.1) is 11.3 Å². The number of sulfonamides is 1. The molecule has 7 heteroatoms. The van der Waals surface area contributed by atoms with Crippen LogP contribution in [0.5, 0.6) is 0 Å². The Balaban J connectivity index is 2.46. The third-order valence-corrected chi connectivity index (χ3v) is 6.01. The minimum atomic E-state index is -3.78. The highest BCUT2D eigenvalue weighted by Gasteiger charge is 2.28. The standard InChI is InChI=1S/C14H15NO4S2/c1-11-5-7-12(8-6-11)15(10-13(16)19-2)21(17,18)14-4-3-9-20-14/h3-9H,10H2,1-2H3. The first kappa shape index (κ1) is 15.5. The van der Waals surface area contributed by atoms with Crippen molar-refractivity contribution in [1.82, 2.24) is 0 Å². The average molecular weight is 325 g/mol. The van der Waals surface area contributed by atoms with Crippen molar-refractivity contribution in [2.75, 3.05) is 18.0 Å². The van der Waals surface area contributed by atoms with Gasteiger partial charge in [0.25, 0.3) is 10.0 Å². The van der Waals surface area contributed by atoms with Gasteiger partial charge in [0.1, 0.15) is 10.8 Å². The highest BCUT2D eigenvalue weighted by atomic mass is 32.2. The van der Waals surface area contributed by atoms with Crippen molar-refractivity contribution >= 4 is 33.0 Å². The third-order valence-electron chi connectivity index (χ3n) is 2.86. The number of aryl methyl sites for hydroxylation is 1. The Hall–Kier alpha value is -1.86. The molecule has 0 aliphatic heterocycles. The number of thiophene rings is 1. The van der Waals surface area contributed by atoms with Crippen molar-refractivity contribution in [2.45, 2.75) is 11.1 Å². The van der Waals surface area contributed by atoms with Gasteiger partial charge >= 0.3 is 5.97 Å². The number of nitrogens with zero attached hydrogens (tertiary/aromatic N) is 1. The monoisotopic (exact) mass is 325 g/mol. The molecular formula is C14H15NO4S2. The Bertz CT molecular complexity index is 706. The summed E-state index contributed by atoms with van der Waals surface area (Å²) >= 11 is 1.11. The molecule has 2 rings (SSSR count). The van der Waals surface area contributed by atoms with Gasteiger partial charge in [0.2, 0.25) is 0 Å². The van der Waals surface area contributed by atoms with Gasteiger partial charge in [-0.3, -0.25) is 9.10 Å². The SMILES string of the molecule is COC(=O)CN(c1ccc(C)cc1)S(=O)(=O)c1cccs1. The maximum Gasteiger partial charge on any atom is 0.326 e. The predicted octanol–water partition coefficient (Wildman–Crippen LogP) is 2.42. The van der Waals surface area contributed by atoms with Gasteiger partial charge in [-0.1, -0.05) is 23.8 Å². The average Bonchev–Trinajstić information content (AvgIpc) is 3.00. The number of anilines is 1. The smallest absolute Gasteiger partial charge is 0.326 e. The van der Waals surface area contributed by atoms with E-state index in [0.717, 1.165) is 21.2 Å². The fourth-order valence-electron chi connectivity index (χ4n) is 1.73. The minimum Gasteiger partial charge on any atom is -0.468 e. The van der Waals surface area contributed by atoms with Crippen LogP contribution in [-0.4, -0.2) is 28.0 Å². The highest BCUT2D eigenvalue weighted by Crippen LogP contribution is 2.26. The van der Waals surface area contributed by atoms with Crippen LogP contribution in [0.2, 0.25) is 0 Å². The van der Waals surface area contributed by atoms with E-state index in [-0.39, 0.29) is 10.8 Å². The number of ether oxygens (including phenoxy) is 1. The molecule has 112 valence electrons. The molecule has 1 heterocycles. The maximum absolute atomic E-state index is 12.7. The molecule has 0 aliphatic rings. The van der Waals surface area contributed by atoms with Crippen LogP contribution in [0.3, 0.4) is 0 Å². The summed E-state index contributed by atoms with van der Waals surface area (Å²) in [4.78, 5) is 11.6. The van der Waals surface area contributed by atoms with Gasteiger partial charge in [0, 0.05) is 0 Å². The summed E-state index contributed by atoms with van der Waals surface area (Å²) in [5, 5.41) is 1.68. The van der Waals surface area contributed by atoms with E-state index in [4.69, 9.17) is 0 Å². The first-order valence-corrected chi connectivity index (χ1v) is 8.47. The van der Waals surface area contributed by atoms with Gasteiger partial charge in [0.05, 0.1) is 12.8 Å². The maximum atomic E-state index is 12.7. The molecule has 2 aromatic rings. The summed E-state index contributed by atoms with van der Waals surface area (Å²) in [5.74, 6) is -0.615. The summed E-state index contributed by atoms with van der Waals surface area (Å²) in [6, 6.07) is 10.1. The number of hydrogen-bond acceptors (Lipinski definition) is 5. The molecule has 0 N–H and O–H groups in total. The van der Waals surface area contributed by atoms with Gasteiger partial charge < -0.3 is 4.74 Å². The summed E-state index contributed by atoms with van der Waals surface area (Å²) in [5.41, 5.74) is 1.43. The minimum absolute atomic E-state index is 0.187. The second-order valence-corrected chi connectivity index (χ2v) is 7.39. The largest absolute Gasteiger partial charge is 0.468 e.